The number of hydrogen-bond donors (Lipinski definition) is 2. The maximum Gasteiger partial charge on any atom is 0.255 e. The van der Waals surface area contributed by atoms with Crippen LogP contribution >= 0.6 is 0 Å². The number of likely N-dealkylation sites (N-methyl/N-ethyl adjacent to an activating group) is 1. The van der Waals surface area contributed by atoms with Gasteiger partial charge in [-0.15, -0.1) is 0 Å². The second-order valence-corrected chi connectivity index (χ2v) is 4.46. The molecule has 2 rings (SSSR count). The monoisotopic (exact) mass is 273 g/mol. The predicted octanol–water partition coefficient (Wildman–Crippen LogP) is 1.83. The highest BCUT2D eigenvalue weighted by molar-refractivity contribution is 5.82. The van der Waals surface area contributed by atoms with Gasteiger partial charge in [0.1, 0.15) is 11.8 Å². The van der Waals surface area contributed by atoms with Gasteiger partial charge >= 0.3 is 0 Å². The van der Waals surface area contributed by atoms with Gasteiger partial charge in [-0.25, -0.2) is 5.84 Å². The Morgan fingerprint density at radius 1 is 1.30 bits per heavy atom. The molecule has 0 saturated carbocycles. The number of carbonyl (C=O) groups excluding carboxylic acids is 1. The summed E-state index contributed by atoms with van der Waals surface area (Å²) in [5.41, 5.74) is 3.15. The second-order valence-electron chi connectivity index (χ2n) is 4.46. The molecule has 1 aromatic carbocycles. The Kier molecular flexibility index (Phi) is 4.92. The molecule has 20 heavy (non-hydrogen) atoms. The SMILES string of the molecule is CCN(Cc1ccco1)C(C(=O)NN)c1ccccc1. The number of hydrogen-bond acceptors (Lipinski definition) is 4. The molecule has 0 bridgehead atoms. The van der Waals surface area contributed by atoms with Crippen LogP contribution in [0, 0.1) is 0 Å². The van der Waals surface area contributed by atoms with Crippen molar-refractivity contribution in [3.05, 3.63) is 60.1 Å². The zero-order valence-electron chi connectivity index (χ0n) is 11.5. The molecule has 3 N–H and O–H groups in total. The topological polar surface area (TPSA) is 71.5 Å². The van der Waals surface area contributed by atoms with E-state index in [-0.39, 0.29) is 5.91 Å². The average molecular weight is 273 g/mol. The molecule has 0 fully saturated rings. The summed E-state index contributed by atoms with van der Waals surface area (Å²) in [4.78, 5) is 14.1. The van der Waals surface area contributed by atoms with E-state index < -0.39 is 6.04 Å². The van der Waals surface area contributed by atoms with E-state index in [1.54, 1.807) is 6.26 Å². The lowest BCUT2D eigenvalue weighted by atomic mass is 10.0. The fraction of sp³-hybridized carbons (Fsp3) is 0.267. The van der Waals surface area contributed by atoms with Gasteiger partial charge in [-0.3, -0.25) is 15.1 Å². The van der Waals surface area contributed by atoms with E-state index in [0.717, 1.165) is 11.3 Å². The molecule has 2 aromatic rings. The molecule has 0 aliphatic rings. The highest BCUT2D eigenvalue weighted by Gasteiger charge is 2.26. The normalized spacial score (nSPS) is 12.3. The van der Waals surface area contributed by atoms with Crippen LogP contribution in [0.4, 0.5) is 0 Å². The number of carbonyl (C=O) groups is 1. The minimum absolute atomic E-state index is 0.232. The van der Waals surface area contributed by atoms with Crippen molar-refractivity contribution >= 4 is 5.91 Å². The number of nitrogens with zero attached hydrogens (tertiary/aromatic N) is 1. The third-order valence-electron chi connectivity index (χ3n) is 3.22. The Morgan fingerprint density at radius 2 is 2.05 bits per heavy atom. The summed E-state index contributed by atoms with van der Waals surface area (Å²) in [5, 5.41) is 0. The molecule has 5 nitrogen and oxygen atoms in total. The predicted molar refractivity (Wildman–Crippen MR) is 76.3 cm³/mol. The molecule has 1 heterocycles. The fourth-order valence-corrected chi connectivity index (χ4v) is 2.23. The summed E-state index contributed by atoms with van der Waals surface area (Å²) in [6.45, 7) is 3.26. The summed E-state index contributed by atoms with van der Waals surface area (Å²) < 4.78 is 5.36. The van der Waals surface area contributed by atoms with Crippen molar-refractivity contribution in [2.75, 3.05) is 6.54 Å². The molecule has 0 radical (unpaired) electrons. The van der Waals surface area contributed by atoms with E-state index in [4.69, 9.17) is 10.3 Å². The molecular formula is C15H19N3O2. The lowest BCUT2D eigenvalue weighted by molar-refractivity contribution is -0.127. The summed E-state index contributed by atoms with van der Waals surface area (Å²) in [7, 11) is 0. The van der Waals surface area contributed by atoms with Crippen LogP contribution in [0.5, 0.6) is 0 Å². The Hall–Kier alpha value is -2.11. The van der Waals surface area contributed by atoms with Crippen LogP contribution < -0.4 is 11.3 Å². The highest BCUT2D eigenvalue weighted by atomic mass is 16.3. The van der Waals surface area contributed by atoms with E-state index >= 15 is 0 Å². The van der Waals surface area contributed by atoms with Gasteiger partial charge in [-0.2, -0.15) is 0 Å². The van der Waals surface area contributed by atoms with Gasteiger partial charge in [-0.05, 0) is 24.2 Å². The number of rotatable bonds is 6. The first-order chi connectivity index (χ1) is 9.76. The number of amides is 1. The van der Waals surface area contributed by atoms with Crippen LogP contribution in [-0.2, 0) is 11.3 Å². The minimum Gasteiger partial charge on any atom is -0.468 e. The third kappa shape index (κ3) is 3.26. The molecule has 1 amide bonds. The Morgan fingerprint density at radius 3 is 2.60 bits per heavy atom. The van der Waals surface area contributed by atoms with Crippen molar-refractivity contribution < 1.29 is 9.21 Å². The van der Waals surface area contributed by atoms with Crippen molar-refractivity contribution in [1.29, 1.82) is 0 Å². The molecular weight excluding hydrogens is 254 g/mol. The highest BCUT2D eigenvalue weighted by Crippen LogP contribution is 2.22. The molecule has 1 unspecified atom stereocenters. The first-order valence-corrected chi connectivity index (χ1v) is 6.58. The number of nitrogens with one attached hydrogen (secondary N) is 1. The van der Waals surface area contributed by atoms with Crippen molar-refractivity contribution in [1.82, 2.24) is 10.3 Å². The first kappa shape index (κ1) is 14.3. The van der Waals surface area contributed by atoms with Crippen molar-refractivity contribution in [2.45, 2.75) is 19.5 Å². The van der Waals surface area contributed by atoms with Crippen LogP contribution in [0.1, 0.15) is 24.3 Å². The molecule has 0 spiro atoms. The first-order valence-electron chi connectivity index (χ1n) is 6.58. The van der Waals surface area contributed by atoms with E-state index in [9.17, 15) is 4.79 Å². The van der Waals surface area contributed by atoms with Crippen molar-refractivity contribution in [2.24, 2.45) is 5.84 Å². The van der Waals surface area contributed by atoms with Crippen molar-refractivity contribution in [3.63, 3.8) is 0 Å². The van der Waals surface area contributed by atoms with Gasteiger partial charge in [0, 0.05) is 0 Å². The Labute approximate surface area is 118 Å². The van der Waals surface area contributed by atoms with Gasteiger partial charge < -0.3 is 4.42 Å². The summed E-state index contributed by atoms with van der Waals surface area (Å²) in [6, 6.07) is 12.9. The zero-order chi connectivity index (χ0) is 14.4. The maximum atomic E-state index is 12.1. The lowest BCUT2D eigenvalue weighted by Crippen LogP contribution is -2.43. The van der Waals surface area contributed by atoms with Crippen LogP contribution in [0.3, 0.4) is 0 Å². The summed E-state index contributed by atoms with van der Waals surface area (Å²) >= 11 is 0. The molecule has 106 valence electrons. The number of benzene rings is 1. The lowest BCUT2D eigenvalue weighted by Gasteiger charge is -2.28. The zero-order valence-corrected chi connectivity index (χ0v) is 11.5. The van der Waals surface area contributed by atoms with Gasteiger partial charge in [0.2, 0.25) is 0 Å². The van der Waals surface area contributed by atoms with Gasteiger partial charge in [0.25, 0.3) is 5.91 Å². The maximum absolute atomic E-state index is 12.1. The molecule has 1 atom stereocenters. The molecule has 0 aliphatic carbocycles. The molecule has 0 saturated heterocycles. The Bertz CT molecular complexity index is 525. The standard InChI is InChI=1S/C15H19N3O2/c1-2-18(11-13-9-6-10-20-13)14(15(19)17-16)12-7-4-3-5-8-12/h3-10,14H,2,11,16H2,1H3,(H,17,19). The second kappa shape index (κ2) is 6.88. The van der Waals surface area contributed by atoms with Gasteiger partial charge in [0.05, 0.1) is 12.8 Å². The largest absolute Gasteiger partial charge is 0.468 e. The quantitative estimate of drug-likeness (QED) is 0.478. The van der Waals surface area contributed by atoms with E-state index in [1.165, 1.54) is 0 Å². The fourth-order valence-electron chi connectivity index (χ4n) is 2.23. The van der Waals surface area contributed by atoms with Crippen LogP contribution in [0.15, 0.2) is 53.1 Å². The number of furan rings is 1. The number of nitrogens with two attached hydrogens (primary N) is 1. The van der Waals surface area contributed by atoms with Gasteiger partial charge in [0.15, 0.2) is 0 Å². The van der Waals surface area contributed by atoms with Crippen LogP contribution in [0.25, 0.3) is 0 Å². The summed E-state index contributed by atoms with van der Waals surface area (Å²) in [6.07, 6.45) is 1.63. The van der Waals surface area contributed by atoms with Crippen molar-refractivity contribution in [3.8, 4) is 0 Å². The van der Waals surface area contributed by atoms with E-state index in [1.807, 2.05) is 54.3 Å². The third-order valence-corrected chi connectivity index (χ3v) is 3.22. The average Bonchev–Trinajstić information content (AvgIpc) is 3.00. The van der Waals surface area contributed by atoms with Crippen LogP contribution in [-0.4, -0.2) is 17.4 Å². The van der Waals surface area contributed by atoms with Gasteiger partial charge in [-0.1, -0.05) is 37.3 Å². The molecule has 5 heteroatoms. The minimum atomic E-state index is -0.434. The van der Waals surface area contributed by atoms with Crippen LogP contribution in [0.2, 0.25) is 0 Å². The summed E-state index contributed by atoms with van der Waals surface area (Å²) in [5.74, 6) is 5.91. The molecule has 1 aromatic heterocycles. The number of hydrazine groups is 1. The molecule has 0 aliphatic heterocycles. The Balaban J connectivity index is 2.26. The smallest absolute Gasteiger partial charge is 0.255 e. The van der Waals surface area contributed by atoms with E-state index in [0.29, 0.717) is 13.1 Å². The van der Waals surface area contributed by atoms with E-state index in [2.05, 4.69) is 5.43 Å².